The molecule has 0 saturated carbocycles. The number of hydrogen-bond acceptors (Lipinski definition) is 4. The van der Waals surface area contributed by atoms with Gasteiger partial charge in [0.2, 0.25) is 12.5 Å². The average Bonchev–Trinajstić information content (AvgIpc) is 3.12. The molecule has 0 amide bonds. The molecule has 1 aromatic heterocycles. The molecule has 2 aliphatic rings. The molecular weight excluding hydrogens is 601 g/mol. The quantitative estimate of drug-likeness (QED) is 0.217. The molecule has 6 rings (SSSR count). The summed E-state index contributed by atoms with van der Waals surface area (Å²) in [5.74, 6) is 2.33. The van der Waals surface area contributed by atoms with E-state index in [4.69, 9.17) is 14.2 Å². The fourth-order valence-electron chi connectivity index (χ4n) is 4.97. The van der Waals surface area contributed by atoms with Crippen LogP contribution in [-0.4, -0.2) is 17.5 Å². The Bertz CT molecular complexity index is 1400. The molecular formula is C28H23BIrNO3-. The van der Waals surface area contributed by atoms with E-state index in [1.54, 1.807) is 6.20 Å². The molecule has 0 fully saturated rings. The van der Waals surface area contributed by atoms with E-state index in [9.17, 15) is 0 Å². The van der Waals surface area contributed by atoms with Crippen LogP contribution in [0.3, 0.4) is 0 Å². The zero-order valence-electron chi connectivity index (χ0n) is 19.4. The largest absolute Gasteiger partial charge is 0.503 e. The summed E-state index contributed by atoms with van der Waals surface area (Å²) >= 11 is 0. The van der Waals surface area contributed by atoms with E-state index in [-0.39, 0.29) is 26.8 Å². The molecule has 0 spiro atoms. The first kappa shape index (κ1) is 22.7. The number of pyridine rings is 1. The summed E-state index contributed by atoms with van der Waals surface area (Å²) in [6, 6.07) is 24.0. The molecule has 3 heterocycles. The number of hydrogen-bond donors (Lipinski definition) is 0. The number of nitrogens with zero attached hydrogens (tertiary/aromatic N) is 1. The van der Waals surface area contributed by atoms with E-state index >= 15 is 0 Å². The van der Waals surface area contributed by atoms with Crippen molar-refractivity contribution in [2.24, 2.45) is 0 Å². The van der Waals surface area contributed by atoms with Crippen LogP contribution in [0.2, 0.25) is 0 Å². The Morgan fingerprint density at radius 1 is 0.853 bits per heavy atom. The average molecular weight is 625 g/mol. The third kappa shape index (κ3) is 3.62. The molecule has 1 radical (unpaired) electrons. The summed E-state index contributed by atoms with van der Waals surface area (Å²) in [6.45, 7) is 8.19. The Hall–Kier alpha value is -3.08. The molecule has 4 aromatic rings. The molecule has 0 saturated heterocycles. The molecule has 0 unspecified atom stereocenters. The maximum Gasteiger partial charge on any atom is 0.245 e. The first-order valence-corrected chi connectivity index (χ1v) is 11.2. The number of aromatic nitrogens is 1. The standard InChI is InChI=1S/C28H23BNO3.Ir/c1-17-8-7-9-18(2)25(17)29-20-10-5-6-11-22(20)31-23-13-12-19(16-21(23)29)26-27-24(14-15-30-26)32-28(3,4)33-27;/h5-11,13-16H,1-4H3;/q-1;. The summed E-state index contributed by atoms with van der Waals surface area (Å²) in [6.07, 6.45) is 1.75. The SMILES string of the molecule is Cc1cccc(C)c1B1c2ccccc2Oc2c[c-]c(-c3nccc4c3OC(C)(C)O4)cc21.[Ir]. The number of ether oxygens (including phenoxy) is 3. The Morgan fingerprint density at radius 2 is 1.62 bits per heavy atom. The summed E-state index contributed by atoms with van der Waals surface area (Å²) in [4.78, 5) is 4.64. The third-order valence-corrected chi connectivity index (χ3v) is 6.36. The Balaban J connectivity index is 0.00000241. The van der Waals surface area contributed by atoms with Crippen LogP contribution < -0.4 is 30.6 Å². The fraction of sp³-hybridized carbons (Fsp3) is 0.179. The van der Waals surface area contributed by atoms with E-state index in [1.165, 1.54) is 16.6 Å². The topological polar surface area (TPSA) is 40.6 Å². The fourth-order valence-corrected chi connectivity index (χ4v) is 4.97. The van der Waals surface area contributed by atoms with Crippen molar-refractivity contribution in [3.05, 3.63) is 84.1 Å². The van der Waals surface area contributed by atoms with Crippen molar-refractivity contribution in [1.29, 1.82) is 0 Å². The van der Waals surface area contributed by atoms with Crippen molar-refractivity contribution in [1.82, 2.24) is 4.98 Å². The first-order chi connectivity index (χ1) is 15.9. The van der Waals surface area contributed by atoms with Crippen LogP contribution >= 0.6 is 0 Å². The zero-order chi connectivity index (χ0) is 22.7. The first-order valence-electron chi connectivity index (χ1n) is 11.2. The minimum atomic E-state index is -0.725. The summed E-state index contributed by atoms with van der Waals surface area (Å²) in [5, 5.41) is 0. The van der Waals surface area contributed by atoms with Gasteiger partial charge >= 0.3 is 0 Å². The number of benzene rings is 3. The predicted molar refractivity (Wildman–Crippen MR) is 131 cm³/mol. The second-order valence-electron chi connectivity index (χ2n) is 9.14. The Morgan fingerprint density at radius 3 is 2.41 bits per heavy atom. The van der Waals surface area contributed by atoms with Gasteiger partial charge in [0, 0.05) is 57.7 Å². The van der Waals surface area contributed by atoms with Crippen LogP contribution in [-0.2, 0) is 20.1 Å². The van der Waals surface area contributed by atoms with Crippen molar-refractivity contribution >= 4 is 23.1 Å². The van der Waals surface area contributed by atoms with Crippen LogP contribution in [0, 0.1) is 19.9 Å². The van der Waals surface area contributed by atoms with Gasteiger partial charge in [-0.2, -0.15) is 0 Å². The van der Waals surface area contributed by atoms with E-state index < -0.39 is 5.79 Å². The molecule has 0 atom stereocenters. The van der Waals surface area contributed by atoms with Gasteiger partial charge in [-0.25, -0.2) is 0 Å². The Kier molecular flexibility index (Phi) is 5.54. The zero-order valence-corrected chi connectivity index (χ0v) is 21.8. The molecule has 6 heteroatoms. The summed E-state index contributed by atoms with van der Waals surface area (Å²) < 4.78 is 18.3. The smallest absolute Gasteiger partial charge is 0.245 e. The molecule has 171 valence electrons. The number of rotatable bonds is 2. The van der Waals surface area contributed by atoms with Crippen LogP contribution in [0.25, 0.3) is 11.3 Å². The second-order valence-corrected chi connectivity index (χ2v) is 9.14. The van der Waals surface area contributed by atoms with Gasteiger partial charge in [0.05, 0.1) is 0 Å². The minimum Gasteiger partial charge on any atom is -0.503 e. The maximum atomic E-state index is 6.32. The van der Waals surface area contributed by atoms with Crippen molar-refractivity contribution < 1.29 is 34.3 Å². The van der Waals surface area contributed by atoms with Gasteiger partial charge in [0.25, 0.3) is 0 Å². The van der Waals surface area contributed by atoms with Crippen molar-refractivity contribution in [3.63, 3.8) is 0 Å². The van der Waals surface area contributed by atoms with Gasteiger partial charge in [-0.1, -0.05) is 53.0 Å². The van der Waals surface area contributed by atoms with Crippen molar-refractivity contribution in [2.45, 2.75) is 33.5 Å². The Labute approximate surface area is 213 Å². The van der Waals surface area contributed by atoms with Crippen LogP contribution in [0.1, 0.15) is 25.0 Å². The monoisotopic (exact) mass is 625 g/mol. The van der Waals surface area contributed by atoms with Crippen molar-refractivity contribution in [2.75, 3.05) is 0 Å². The van der Waals surface area contributed by atoms with Gasteiger partial charge < -0.3 is 19.2 Å². The second kappa shape index (κ2) is 8.30. The third-order valence-electron chi connectivity index (χ3n) is 6.36. The van der Waals surface area contributed by atoms with Crippen LogP contribution in [0.5, 0.6) is 23.0 Å². The van der Waals surface area contributed by atoms with E-state index in [1.807, 2.05) is 38.1 Å². The molecule has 3 aromatic carbocycles. The van der Waals surface area contributed by atoms with Crippen LogP contribution in [0.15, 0.2) is 66.9 Å². The minimum absolute atomic E-state index is 0. The number of aryl methyl sites for hydroxylation is 2. The molecule has 0 bridgehead atoms. The van der Waals surface area contributed by atoms with Gasteiger partial charge in [-0.15, -0.1) is 29.2 Å². The normalized spacial score (nSPS) is 14.5. The van der Waals surface area contributed by atoms with Gasteiger partial charge in [-0.05, 0) is 25.4 Å². The number of para-hydroxylation sites is 1. The summed E-state index contributed by atoms with van der Waals surface area (Å²) in [5.41, 5.74) is 7.65. The molecule has 4 nitrogen and oxygen atoms in total. The maximum absolute atomic E-state index is 6.32. The van der Waals surface area contributed by atoms with E-state index in [0.717, 1.165) is 33.7 Å². The van der Waals surface area contributed by atoms with Crippen molar-refractivity contribution in [3.8, 4) is 34.3 Å². The predicted octanol–water partition coefficient (Wildman–Crippen LogP) is 4.29. The molecule has 0 N–H and O–H groups in total. The molecule has 0 aliphatic carbocycles. The van der Waals surface area contributed by atoms with Gasteiger partial charge in [0.15, 0.2) is 11.5 Å². The van der Waals surface area contributed by atoms with Gasteiger partial charge in [0.1, 0.15) is 5.75 Å². The van der Waals surface area contributed by atoms with E-state index in [0.29, 0.717) is 11.5 Å². The number of fused-ring (bicyclic) bond motifs is 3. The molecule has 34 heavy (non-hydrogen) atoms. The molecule has 2 aliphatic heterocycles. The summed E-state index contributed by atoms with van der Waals surface area (Å²) in [7, 11) is 0. The van der Waals surface area contributed by atoms with Gasteiger partial charge in [-0.3, -0.25) is 0 Å². The van der Waals surface area contributed by atoms with Crippen LogP contribution in [0.4, 0.5) is 0 Å². The van der Waals surface area contributed by atoms with E-state index in [2.05, 4.69) is 61.3 Å².